The molecule has 5 atom stereocenters. The van der Waals surface area contributed by atoms with E-state index in [9.17, 15) is 9.90 Å². The normalized spacial score (nSPS) is 25.1. The maximum absolute atomic E-state index is 12.3. The second-order valence-electron chi connectivity index (χ2n) is 10.1. The Hall–Kier alpha value is -3.15. The number of methoxy groups -OCH3 is 1. The molecular weight excluding hydrogens is 448 g/mol. The van der Waals surface area contributed by atoms with Crippen LogP contribution < -0.4 is 10.1 Å². The van der Waals surface area contributed by atoms with E-state index in [1.54, 1.807) is 7.11 Å². The molecule has 3 aromatic rings. The standard InChI is InChI=1S/C31H36N2O3/c1-3-21-14-15-27(36-2)24(18-21)19-32-29-25-16-17-33(20-26(25)31(34)35)30(29)28(22-10-6-4-7-11-22)23-12-8-5-9-13-23/h4-15,18,25-26,28-30,32H,3,16-17,19-20H2,1-2H3,(H,34,35)/t25-,26-,29-,30-/m0/s1. The largest absolute Gasteiger partial charge is 0.496 e. The van der Waals surface area contributed by atoms with Gasteiger partial charge in [-0.05, 0) is 48.1 Å². The van der Waals surface area contributed by atoms with Gasteiger partial charge in [-0.3, -0.25) is 9.69 Å². The summed E-state index contributed by atoms with van der Waals surface area (Å²) < 4.78 is 5.67. The fraction of sp³-hybridized carbons (Fsp3) is 0.387. The van der Waals surface area contributed by atoms with Crippen molar-refractivity contribution in [3.63, 3.8) is 0 Å². The van der Waals surface area contributed by atoms with Crippen molar-refractivity contribution >= 4 is 5.97 Å². The molecule has 6 rings (SSSR count). The molecule has 0 spiro atoms. The molecule has 3 aliphatic heterocycles. The maximum atomic E-state index is 12.3. The highest BCUT2D eigenvalue weighted by Crippen LogP contribution is 2.44. The Balaban J connectivity index is 1.54. The molecule has 0 radical (unpaired) electrons. The van der Waals surface area contributed by atoms with E-state index in [0.717, 1.165) is 30.7 Å². The van der Waals surface area contributed by atoms with E-state index < -0.39 is 5.97 Å². The number of carbonyl (C=O) groups is 1. The van der Waals surface area contributed by atoms with Gasteiger partial charge in [0.1, 0.15) is 5.75 Å². The molecule has 3 aromatic carbocycles. The van der Waals surface area contributed by atoms with Gasteiger partial charge in [-0.1, -0.05) is 79.7 Å². The van der Waals surface area contributed by atoms with Crippen molar-refractivity contribution in [3.8, 4) is 5.75 Å². The SMILES string of the molecule is CCc1ccc(OC)c(CN[C@H]2[C@H]3CCN(C[C@@H]3C(=O)O)[C@H]2C(c2ccccc2)c2ccccc2)c1. The van der Waals surface area contributed by atoms with Crippen LogP contribution in [0.15, 0.2) is 78.9 Å². The van der Waals surface area contributed by atoms with Gasteiger partial charge in [0.2, 0.25) is 0 Å². The monoisotopic (exact) mass is 484 g/mol. The second-order valence-corrected chi connectivity index (χ2v) is 10.1. The van der Waals surface area contributed by atoms with Crippen LogP contribution in [0.2, 0.25) is 0 Å². The van der Waals surface area contributed by atoms with Gasteiger partial charge in [0, 0.05) is 36.7 Å². The summed E-state index contributed by atoms with van der Waals surface area (Å²) in [7, 11) is 1.71. The Morgan fingerprint density at radius 2 is 1.72 bits per heavy atom. The minimum atomic E-state index is -0.684. The van der Waals surface area contributed by atoms with Crippen molar-refractivity contribution in [1.82, 2.24) is 10.2 Å². The van der Waals surface area contributed by atoms with Gasteiger partial charge in [-0.2, -0.15) is 0 Å². The number of nitrogens with zero attached hydrogens (tertiary/aromatic N) is 1. The zero-order chi connectivity index (χ0) is 25.1. The van der Waals surface area contributed by atoms with E-state index in [-0.39, 0.29) is 29.8 Å². The number of fused-ring (bicyclic) bond motifs is 3. The Morgan fingerprint density at radius 3 is 2.31 bits per heavy atom. The predicted molar refractivity (Wildman–Crippen MR) is 142 cm³/mol. The number of hydrogen-bond donors (Lipinski definition) is 2. The average Bonchev–Trinajstić information content (AvgIpc) is 2.93. The van der Waals surface area contributed by atoms with E-state index in [0.29, 0.717) is 13.1 Å². The molecule has 2 bridgehead atoms. The summed E-state index contributed by atoms with van der Waals surface area (Å²) in [6, 6.07) is 27.9. The van der Waals surface area contributed by atoms with Gasteiger partial charge in [0.05, 0.1) is 13.0 Å². The molecule has 3 heterocycles. The van der Waals surface area contributed by atoms with Gasteiger partial charge in [0.15, 0.2) is 0 Å². The molecule has 3 saturated heterocycles. The summed E-state index contributed by atoms with van der Waals surface area (Å²) in [4.78, 5) is 14.7. The molecule has 0 aliphatic carbocycles. The van der Waals surface area contributed by atoms with Crippen LogP contribution in [0, 0.1) is 11.8 Å². The predicted octanol–water partition coefficient (Wildman–Crippen LogP) is 4.95. The highest BCUT2D eigenvalue weighted by molar-refractivity contribution is 5.71. The van der Waals surface area contributed by atoms with E-state index in [2.05, 4.69) is 89.9 Å². The van der Waals surface area contributed by atoms with E-state index in [1.165, 1.54) is 16.7 Å². The van der Waals surface area contributed by atoms with Crippen molar-refractivity contribution in [3.05, 3.63) is 101 Å². The van der Waals surface area contributed by atoms with E-state index in [4.69, 9.17) is 4.74 Å². The Bertz CT molecular complexity index is 1130. The van der Waals surface area contributed by atoms with Gasteiger partial charge in [-0.15, -0.1) is 0 Å². The molecule has 5 heteroatoms. The van der Waals surface area contributed by atoms with Crippen molar-refractivity contribution < 1.29 is 14.6 Å². The van der Waals surface area contributed by atoms with E-state index in [1.807, 2.05) is 6.07 Å². The number of ether oxygens (including phenoxy) is 1. The first kappa shape index (κ1) is 24.5. The summed E-state index contributed by atoms with van der Waals surface area (Å²) in [6.07, 6.45) is 1.86. The first-order chi connectivity index (χ1) is 17.6. The Morgan fingerprint density at radius 1 is 1.06 bits per heavy atom. The molecule has 0 amide bonds. The van der Waals surface area contributed by atoms with Gasteiger partial charge >= 0.3 is 5.97 Å². The number of aryl methyl sites for hydroxylation is 1. The van der Waals surface area contributed by atoms with Crippen molar-refractivity contribution in [2.45, 2.75) is 44.3 Å². The highest BCUT2D eigenvalue weighted by atomic mass is 16.5. The average molecular weight is 485 g/mol. The van der Waals surface area contributed by atoms with Crippen molar-refractivity contribution in [2.75, 3.05) is 20.2 Å². The van der Waals surface area contributed by atoms with Crippen molar-refractivity contribution in [1.29, 1.82) is 0 Å². The number of rotatable bonds is 9. The third-order valence-electron chi connectivity index (χ3n) is 8.21. The molecule has 5 nitrogen and oxygen atoms in total. The minimum Gasteiger partial charge on any atom is -0.496 e. The topological polar surface area (TPSA) is 61.8 Å². The number of aliphatic carboxylic acids is 1. The van der Waals surface area contributed by atoms with Crippen molar-refractivity contribution in [2.24, 2.45) is 11.8 Å². The summed E-state index contributed by atoms with van der Waals surface area (Å²) >= 11 is 0. The van der Waals surface area contributed by atoms with E-state index >= 15 is 0 Å². The molecule has 0 saturated carbocycles. The van der Waals surface area contributed by atoms with Crippen LogP contribution in [0.1, 0.15) is 41.5 Å². The molecule has 3 aliphatic rings. The zero-order valence-electron chi connectivity index (χ0n) is 21.1. The minimum absolute atomic E-state index is 0.0361. The summed E-state index contributed by atoms with van der Waals surface area (Å²) in [5.41, 5.74) is 4.93. The van der Waals surface area contributed by atoms with Crippen LogP contribution >= 0.6 is 0 Å². The van der Waals surface area contributed by atoms with Gasteiger partial charge < -0.3 is 15.2 Å². The fourth-order valence-electron chi connectivity index (χ4n) is 6.45. The van der Waals surface area contributed by atoms with Crippen LogP contribution in [-0.4, -0.2) is 48.3 Å². The lowest BCUT2D eigenvalue weighted by Crippen LogP contribution is -2.68. The number of benzene rings is 3. The maximum Gasteiger partial charge on any atom is 0.308 e. The number of nitrogens with one attached hydrogen (secondary N) is 1. The molecule has 188 valence electrons. The quantitative estimate of drug-likeness (QED) is 0.450. The van der Waals surface area contributed by atoms with Crippen LogP contribution in [0.5, 0.6) is 5.75 Å². The molecule has 3 fully saturated rings. The summed E-state index contributed by atoms with van der Waals surface area (Å²) in [5, 5.41) is 14.0. The van der Waals surface area contributed by atoms with Crippen LogP contribution in [0.25, 0.3) is 0 Å². The third kappa shape index (κ3) is 4.78. The highest BCUT2D eigenvalue weighted by Gasteiger charge is 2.52. The fourth-order valence-corrected chi connectivity index (χ4v) is 6.45. The summed E-state index contributed by atoms with van der Waals surface area (Å²) in [5.74, 6) is 0.0501. The first-order valence-corrected chi connectivity index (χ1v) is 13.1. The number of piperidine rings is 3. The Kier molecular flexibility index (Phi) is 7.40. The number of carboxylic acids is 1. The smallest absolute Gasteiger partial charge is 0.308 e. The van der Waals surface area contributed by atoms with Gasteiger partial charge in [0.25, 0.3) is 0 Å². The van der Waals surface area contributed by atoms with Gasteiger partial charge in [-0.25, -0.2) is 0 Å². The Labute approximate surface area is 214 Å². The second kappa shape index (κ2) is 10.9. The molecule has 1 unspecified atom stereocenters. The molecule has 2 N–H and O–H groups in total. The lowest BCUT2D eigenvalue weighted by Gasteiger charge is -2.56. The zero-order valence-corrected chi connectivity index (χ0v) is 21.1. The van der Waals surface area contributed by atoms with Crippen LogP contribution in [0.4, 0.5) is 0 Å². The number of hydrogen-bond acceptors (Lipinski definition) is 4. The first-order valence-electron chi connectivity index (χ1n) is 13.1. The molecule has 36 heavy (non-hydrogen) atoms. The number of carboxylic acid groups (broad SMARTS) is 1. The molecule has 0 aromatic heterocycles. The lowest BCUT2D eigenvalue weighted by molar-refractivity contribution is -0.152. The van der Waals surface area contributed by atoms with Crippen LogP contribution in [-0.2, 0) is 17.8 Å². The third-order valence-corrected chi connectivity index (χ3v) is 8.21. The van der Waals surface area contributed by atoms with Crippen LogP contribution in [0.3, 0.4) is 0 Å². The lowest BCUT2D eigenvalue weighted by atomic mass is 9.66. The molecular formula is C31H36N2O3. The summed E-state index contributed by atoms with van der Waals surface area (Å²) in [6.45, 7) is 4.34.